The van der Waals surface area contributed by atoms with Crippen molar-refractivity contribution >= 4 is 5.91 Å². The number of hydrogen-bond acceptors (Lipinski definition) is 3. The molecule has 4 nitrogen and oxygen atoms in total. The molecular weight excluding hydrogens is 216 g/mol. The summed E-state index contributed by atoms with van der Waals surface area (Å²) in [5, 5.41) is 0. The molecule has 0 saturated heterocycles. The van der Waals surface area contributed by atoms with Gasteiger partial charge in [-0.3, -0.25) is 4.79 Å². The monoisotopic (exact) mass is 242 g/mol. The van der Waals surface area contributed by atoms with Gasteiger partial charge in [0, 0.05) is 27.3 Å². The zero-order valence-electron chi connectivity index (χ0n) is 11.4. The lowest BCUT2D eigenvalue weighted by molar-refractivity contribution is -0.137. The Morgan fingerprint density at radius 1 is 1.59 bits per heavy atom. The molecule has 0 aromatic rings. The maximum atomic E-state index is 12.3. The van der Waals surface area contributed by atoms with Crippen molar-refractivity contribution in [2.24, 2.45) is 11.7 Å². The molecule has 4 heteroatoms. The van der Waals surface area contributed by atoms with Crippen LogP contribution in [0.25, 0.3) is 0 Å². The van der Waals surface area contributed by atoms with Crippen molar-refractivity contribution in [1.29, 1.82) is 0 Å². The van der Waals surface area contributed by atoms with Gasteiger partial charge in [-0.1, -0.05) is 19.8 Å². The second-order valence-corrected chi connectivity index (χ2v) is 5.43. The summed E-state index contributed by atoms with van der Waals surface area (Å²) in [5.41, 5.74) is 5.65. The van der Waals surface area contributed by atoms with Crippen LogP contribution in [0.15, 0.2) is 0 Å². The molecule has 2 N–H and O–H groups in total. The van der Waals surface area contributed by atoms with E-state index in [0.717, 1.165) is 32.2 Å². The first-order chi connectivity index (χ1) is 7.99. The Hall–Kier alpha value is -0.610. The number of nitrogens with zero attached hydrogens (tertiary/aromatic N) is 1. The lowest BCUT2D eigenvalue weighted by Crippen LogP contribution is -2.56. The Kier molecular flexibility index (Phi) is 5.40. The minimum Gasteiger partial charge on any atom is -0.385 e. The van der Waals surface area contributed by atoms with E-state index in [9.17, 15) is 4.79 Å². The van der Waals surface area contributed by atoms with Gasteiger partial charge in [0.1, 0.15) is 0 Å². The lowest BCUT2D eigenvalue weighted by Gasteiger charge is -2.38. The topological polar surface area (TPSA) is 55.6 Å². The molecule has 17 heavy (non-hydrogen) atoms. The van der Waals surface area contributed by atoms with Gasteiger partial charge in [-0.05, 0) is 25.2 Å². The van der Waals surface area contributed by atoms with Crippen LogP contribution >= 0.6 is 0 Å². The van der Waals surface area contributed by atoms with Crippen LogP contribution in [0.2, 0.25) is 0 Å². The van der Waals surface area contributed by atoms with E-state index in [2.05, 4.69) is 6.92 Å². The predicted octanol–water partition coefficient (Wildman–Crippen LogP) is 1.39. The summed E-state index contributed by atoms with van der Waals surface area (Å²) in [6.45, 7) is 3.59. The maximum Gasteiger partial charge on any atom is 0.242 e. The number of amides is 1. The summed E-state index contributed by atoms with van der Waals surface area (Å²) in [6.07, 6.45) is 4.77. The van der Waals surface area contributed by atoms with Crippen LogP contribution in [0.3, 0.4) is 0 Å². The SMILES string of the molecule is COCCCN(C)C(=O)C1(N)CCCC(C)C1. The summed E-state index contributed by atoms with van der Waals surface area (Å²) in [7, 11) is 3.51. The molecule has 1 fully saturated rings. The molecule has 0 spiro atoms. The summed E-state index contributed by atoms with van der Waals surface area (Å²) in [4.78, 5) is 14.1. The minimum absolute atomic E-state index is 0.0974. The van der Waals surface area contributed by atoms with E-state index in [1.807, 2.05) is 7.05 Å². The van der Waals surface area contributed by atoms with Crippen LogP contribution in [-0.4, -0.2) is 43.7 Å². The normalized spacial score (nSPS) is 29.1. The molecule has 100 valence electrons. The van der Waals surface area contributed by atoms with Crippen LogP contribution in [0.4, 0.5) is 0 Å². The van der Waals surface area contributed by atoms with E-state index < -0.39 is 5.54 Å². The van der Waals surface area contributed by atoms with Gasteiger partial charge in [0.05, 0.1) is 5.54 Å². The van der Waals surface area contributed by atoms with Crippen LogP contribution in [0, 0.1) is 5.92 Å². The van der Waals surface area contributed by atoms with Gasteiger partial charge < -0.3 is 15.4 Å². The largest absolute Gasteiger partial charge is 0.385 e. The van der Waals surface area contributed by atoms with Crippen LogP contribution in [0.1, 0.15) is 39.0 Å². The zero-order chi connectivity index (χ0) is 12.9. The fourth-order valence-electron chi connectivity index (χ4n) is 2.71. The van der Waals surface area contributed by atoms with E-state index in [1.54, 1.807) is 12.0 Å². The van der Waals surface area contributed by atoms with Gasteiger partial charge in [-0.2, -0.15) is 0 Å². The number of ether oxygens (including phenoxy) is 1. The van der Waals surface area contributed by atoms with Crippen LogP contribution in [-0.2, 0) is 9.53 Å². The van der Waals surface area contributed by atoms with E-state index in [0.29, 0.717) is 12.5 Å². The summed E-state index contributed by atoms with van der Waals surface area (Å²) in [6, 6.07) is 0. The number of carbonyl (C=O) groups excluding carboxylic acids is 1. The van der Waals surface area contributed by atoms with E-state index in [4.69, 9.17) is 10.5 Å². The Labute approximate surface area is 104 Å². The molecule has 0 radical (unpaired) electrons. The van der Waals surface area contributed by atoms with Crippen molar-refractivity contribution in [3.63, 3.8) is 0 Å². The molecule has 1 amide bonds. The average Bonchev–Trinajstić information content (AvgIpc) is 2.28. The predicted molar refractivity (Wildman–Crippen MR) is 68.7 cm³/mol. The third kappa shape index (κ3) is 3.96. The van der Waals surface area contributed by atoms with Gasteiger partial charge >= 0.3 is 0 Å². The lowest BCUT2D eigenvalue weighted by atomic mass is 9.76. The Bertz CT molecular complexity index is 258. The molecule has 0 aromatic heterocycles. The highest BCUT2D eigenvalue weighted by Crippen LogP contribution is 2.31. The van der Waals surface area contributed by atoms with E-state index >= 15 is 0 Å². The molecular formula is C13H26N2O2. The Morgan fingerprint density at radius 2 is 2.29 bits per heavy atom. The molecule has 1 aliphatic carbocycles. The molecule has 0 aromatic carbocycles. The molecule has 2 atom stereocenters. The van der Waals surface area contributed by atoms with Crippen molar-refractivity contribution in [1.82, 2.24) is 4.90 Å². The molecule has 1 rings (SSSR count). The molecule has 0 aliphatic heterocycles. The highest BCUT2D eigenvalue weighted by atomic mass is 16.5. The van der Waals surface area contributed by atoms with Gasteiger partial charge in [0.25, 0.3) is 0 Å². The average molecular weight is 242 g/mol. The van der Waals surface area contributed by atoms with Gasteiger partial charge in [0.15, 0.2) is 0 Å². The molecule has 0 bridgehead atoms. The number of methoxy groups -OCH3 is 1. The van der Waals surface area contributed by atoms with E-state index in [1.165, 1.54) is 6.42 Å². The second-order valence-electron chi connectivity index (χ2n) is 5.43. The first-order valence-corrected chi connectivity index (χ1v) is 6.53. The highest BCUT2D eigenvalue weighted by Gasteiger charge is 2.39. The molecule has 1 saturated carbocycles. The molecule has 2 unspecified atom stereocenters. The van der Waals surface area contributed by atoms with Crippen molar-refractivity contribution in [3.05, 3.63) is 0 Å². The van der Waals surface area contributed by atoms with Crippen molar-refractivity contribution in [2.45, 2.75) is 44.6 Å². The molecule has 0 heterocycles. The molecule has 1 aliphatic rings. The number of likely N-dealkylation sites (N-methyl/N-ethyl adjacent to an activating group) is 1. The maximum absolute atomic E-state index is 12.3. The Balaban J connectivity index is 2.49. The van der Waals surface area contributed by atoms with Crippen LogP contribution < -0.4 is 5.73 Å². The van der Waals surface area contributed by atoms with Gasteiger partial charge in [-0.15, -0.1) is 0 Å². The van der Waals surface area contributed by atoms with Crippen molar-refractivity contribution in [3.8, 4) is 0 Å². The van der Waals surface area contributed by atoms with Crippen molar-refractivity contribution < 1.29 is 9.53 Å². The second kappa shape index (κ2) is 6.36. The van der Waals surface area contributed by atoms with Crippen LogP contribution in [0.5, 0.6) is 0 Å². The number of hydrogen-bond donors (Lipinski definition) is 1. The zero-order valence-corrected chi connectivity index (χ0v) is 11.4. The number of rotatable bonds is 5. The first-order valence-electron chi connectivity index (χ1n) is 6.53. The third-order valence-corrected chi connectivity index (χ3v) is 3.65. The number of carbonyl (C=O) groups is 1. The Morgan fingerprint density at radius 3 is 2.88 bits per heavy atom. The van der Waals surface area contributed by atoms with E-state index in [-0.39, 0.29) is 5.91 Å². The number of nitrogens with two attached hydrogens (primary N) is 1. The highest BCUT2D eigenvalue weighted by molar-refractivity contribution is 5.86. The minimum atomic E-state index is -0.626. The summed E-state index contributed by atoms with van der Waals surface area (Å²) < 4.78 is 4.99. The van der Waals surface area contributed by atoms with Gasteiger partial charge in [0.2, 0.25) is 5.91 Å². The first kappa shape index (κ1) is 14.5. The summed E-state index contributed by atoms with van der Waals surface area (Å²) >= 11 is 0. The van der Waals surface area contributed by atoms with Gasteiger partial charge in [-0.25, -0.2) is 0 Å². The standard InChI is InChI=1S/C13H26N2O2/c1-11-6-4-7-13(14,10-11)12(16)15(2)8-5-9-17-3/h11H,4-10,14H2,1-3H3. The quantitative estimate of drug-likeness (QED) is 0.741. The third-order valence-electron chi connectivity index (χ3n) is 3.65. The smallest absolute Gasteiger partial charge is 0.242 e. The van der Waals surface area contributed by atoms with Crippen molar-refractivity contribution in [2.75, 3.05) is 27.3 Å². The summed E-state index contributed by atoms with van der Waals surface area (Å²) in [5.74, 6) is 0.658. The fourth-order valence-corrected chi connectivity index (χ4v) is 2.71. The fraction of sp³-hybridized carbons (Fsp3) is 0.923.